The van der Waals surface area contributed by atoms with Gasteiger partial charge in [-0.25, -0.2) is 0 Å². The van der Waals surface area contributed by atoms with E-state index in [9.17, 15) is 5.11 Å². The van der Waals surface area contributed by atoms with Crippen LogP contribution in [-0.2, 0) is 7.05 Å². The number of hydrogen-bond acceptors (Lipinski definition) is 4. The molecule has 0 saturated carbocycles. The third kappa shape index (κ3) is 5.10. The summed E-state index contributed by atoms with van der Waals surface area (Å²) in [5, 5.41) is 16.5. The van der Waals surface area contributed by atoms with Crippen molar-refractivity contribution in [1.29, 1.82) is 0 Å². The Hall–Kier alpha value is -0.520. The van der Waals surface area contributed by atoms with Gasteiger partial charge in [0.05, 0.1) is 12.8 Å². The Balaban J connectivity index is 2.12. The Bertz CT molecular complexity index is 323. The van der Waals surface area contributed by atoms with E-state index in [1.807, 2.05) is 42.9 Å². The van der Waals surface area contributed by atoms with Crippen LogP contribution in [0, 0.1) is 0 Å². The molecular formula is C12H23N3OS. The first-order chi connectivity index (χ1) is 8.09. The first kappa shape index (κ1) is 14.5. The van der Waals surface area contributed by atoms with Crippen molar-refractivity contribution >= 4 is 11.8 Å². The lowest BCUT2D eigenvalue weighted by Crippen LogP contribution is -2.43. The average Bonchev–Trinajstić information content (AvgIpc) is 2.74. The highest BCUT2D eigenvalue weighted by Gasteiger charge is 2.19. The Morgan fingerprint density at radius 3 is 2.82 bits per heavy atom. The standard InChI is InChI=1S/C12H23N3OS/c1-12(10-16,13-2)6-4-5-7-17-11-8-14-15(3)9-11/h8-9,13,16H,4-7,10H2,1-3H3. The van der Waals surface area contributed by atoms with E-state index in [0.29, 0.717) is 0 Å². The monoisotopic (exact) mass is 257 g/mol. The van der Waals surface area contributed by atoms with Gasteiger partial charge in [-0.2, -0.15) is 5.10 Å². The third-order valence-corrected chi connectivity index (χ3v) is 4.06. The zero-order valence-electron chi connectivity index (χ0n) is 10.9. The molecule has 0 saturated heterocycles. The summed E-state index contributed by atoms with van der Waals surface area (Å²) < 4.78 is 1.83. The molecule has 0 spiro atoms. The Kier molecular flexibility index (Phi) is 6.02. The second-order valence-electron chi connectivity index (χ2n) is 4.62. The maximum atomic E-state index is 9.24. The normalized spacial score (nSPS) is 14.8. The quantitative estimate of drug-likeness (QED) is 0.549. The number of nitrogens with zero attached hydrogens (tertiary/aromatic N) is 2. The van der Waals surface area contributed by atoms with Crippen LogP contribution in [0.1, 0.15) is 26.2 Å². The number of nitrogens with one attached hydrogen (secondary N) is 1. The topological polar surface area (TPSA) is 50.1 Å². The van der Waals surface area contributed by atoms with Crippen LogP contribution >= 0.6 is 11.8 Å². The highest BCUT2D eigenvalue weighted by Crippen LogP contribution is 2.20. The lowest BCUT2D eigenvalue weighted by molar-refractivity contribution is 0.171. The van der Waals surface area contributed by atoms with Gasteiger partial charge < -0.3 is 10.4 Å². The summed E-state index contributed by atoms with van der Waals surface area (Å²) >= 11 is 1.84. The van der Waals surface area contributed by atoms with E-state index in [1.165, 1.54) is 4.90 Å². The van der Waals surface area contributed by atoms with E-state index < -0.39 is 0 Å². The molecule has 17 heavy (non-hydrogen) atoms. The molecule has 1 atom stereocenters. The average molecular weight is 257 g/mol. The number of aliphatic hydroxyl groups is 1. The summed E-state index contributed by atoms with van der Waals surface area (Å²) in [4.78, 5) is 1.23. The van der Waals surface area contributed by atoms with Crippen molar-refractivity contribution < 1.29 is 5.11 Å². The van der Waals surface area contributed by atoms with Crippen molar-refractivity contribution in [1.82, 2.24) is 15.1 Å². The van der Waals surface area contributed by atoms with E-state index in [2.05, 4.69) is 17.3 Å². The fraction of sp³-hybridized carbons (Fsp3) is 0.750. The molecule has 2 N–H and O–H groups in total. The lowest BCUT2D eigenvalue weighted by atomic mass is 9.96. The lowest BCUT2D eigenvalue weighted by Gasteiger charge is -2.26. The van der Waals surface area contributed by atoms with Crippen molar-refractivity contribution in [2.24, 2.45) is 7.05 Å². The molecule has 5 heteroatoms. The molecule has 0 aliphatic carbocycles. The first-order valence-corrected chi connectivity index (χ1v) is 6.99. The van der Waals surface area contributed by atoms with Gasteiger partial charge in [-0.15, -0.1) is 11.8 Å². The molecule has 1 aromatic heterocycles. The zero-order valence-corrected chi connectivity index (χ0v) is 11.8. The maximum absolute atomic E-state index is 9.24. The molecule has 1 unspecified atom stereocenters. The molecular weight excluding hydrogens is 234 g/mol. The van der Waals surface area contributed by atoms with Crippen molar-refractivity contribution in [3.05, 3.63) is 12.4 Å². The van der Waals surface area contributed by atoms with Gasteiger partial charge in [0, 0.05) is 23.7 Å². The van der Waals surface area contributed by atoms with Crippen LogP contribution in [0.5, 0.6) is 0 Å². The summed E-state index contributed by atoms with van der Waals surface area (Å²) in [5.74, 6) is 1.11. The first-order valence-electron chi connectivity index (χ1n) is 6.01. The molecule has 1 aromatic rings. The van der Waals surface area contributed by atoms with Gasteiger partial charge in [-0.05, 0) is 32.6 Å². The van der Waals surface area contributed by atoms with Gasteiger partial charge in [-0.1, -0.05) is 6.42 Å². The van der Waals surface area contributed by atoms with Crippen molar-refractivity contribution in [2.75, 3.05) is 19.4 Å². The van der Waals surface area contributed by atoms with Gasteiger partial charge in [0.1, 0.15) is 0 Å². The van der Waals surface area contributed by atoms with Crippen LogP contribution in [0.2, 0.25) is 0 Å². The van der Waals surface area contributed by atoms with Gasteiger partial charge in [0.25, 0.3) is 0 Å². The van der Waals surface area contributed by atoms with E-state index in [1.54, 1.807) is 0 Å². The van der Waals surface area contributed by atoms with Gasteiger partial charge in [-0.3, -0.25) is 4.68 Å². The SMILES string of the molecule is CNC(C)(CO)CCCCSc1cnn(C)c1. The molecule has 0 radical (unpaired) electrons. The molecule has 0 aliphatic rings. The largest absolute Gasteiger partial charge is 0.394 e. The van der Waals surface area contributed by atoms with Gasteiger partial charge >= 0.3 is 0 Å². The summed E-state index contributed by atoms with van der Waals surface area (Å²) in [6.45, 7) is 2.25. The molecule has 1 rings (SSSR count). The highest BCUT2D eigenvalue weighted by molar-refractivity contribution is 7.99. The molecule has 0 aromatic carbocycles. The van der Waals surface area contributed by atoms with E-state index >= 15 is 0 Å². The maximum Gasteiger partial charge on any atom is 0.0625 e. The fourth-order valence-corrected chi connectivity index (χ4v) is 2.50. The second kappa shape index (κ2) is 7.03. The van der Waals surface area contributed by atoms with Gasteiger partial charge in [0.2, 0.25) is 0 Å². The number of rotatable bonds is 8. The smallest absolute Gasteiger partial charge is 0.0625 e. The van der Waals surface area contributed by atoms with Gasteiger partial charge in [0.15, 0.2) is 0 Å². The number of thioether (sulfide) groups is 1. The van der Waals surface area contributed by atoms with Crippen LogP contribution in [0.4, 0.5) is 0 Å². The van der Waals surface area contributed by atoms with Crippen LogP contribution in [-0.4, -0.2) is 39.8 Å². The van der Waals surface area contributed by atoms with Crippen LogP contribution in [0.25, 0.3) is 0 Å². The Morgan fingerprint density at radius 2 is 2.29 bits per heavy atom. The molecule has 1 heterocycles. The van der Waals surface area contributed by atoms with Crippen molar-refractivity contribution in [2.45, 2.75) is 36.6 Å². The predicted molar refractivity (Wildman–Crippen MR) is 72.3 cm³/mol. The third-order valence-electron chi connectivity index (χ3n) is 3.03. The zero-order chi connectivity index (χ0) is 12.7. The van der Waals surface area contributed by atoms with Crippen LogP contribution < -0.4 is 5.32 Å². The minimum absolute atomic E-state index is 0.126. The minimum Gasteiger partial charge on any atom is -0.394 e. The number of likely N-dealkylation sites (N-methyl/N-ethyl adjacent to an activating group) is 1. The Morgan fingerprint density at radius 1 is 1.53 bits per heavy atom. The number of aliphatic hydroxyl groups excluding tert-OH is 1. The summed E-state index contributed by atoms with van der Waals surface area (Å²) in [6, 6.07) is 0. The van der Waals surface area contributed by atoms with E-state index in [0.717, 1.165) is 25.0 Å². The van der Waals surface area contributed by atoms with Crippen molar-refractivity contribution in [3.63, 3.8) is 0 Å². The molecule has 98 valence electrons. The van der Waals surface area contributed by atoms with E-state index in [4.69, 9.17) is 0 Å². The Labute approximate surface area is 108 Å². The highest BCUT2D eigenvalue weighted by atomic mass is 32.2. The van der Waals surface area contributed by atoms with Crippen LogP contribution in [0.3, 0.4) is 0 Å². The number of unbranched alkanes of at least 4 members (excludes halogenated alkanes) is 1. The number of aromatic nitrogens is 2. The van der Waals surface area contributed by atoms with E-state index in [-0.39, 0.29) is 12.1 Å². The molecule has 4 nitrogen and oxygen atoms in total. The molecule has 0 amide bonds. The molecule has 0 bridgehead atoms. The second-order valence-corrected chi connectivity index (χ2v) is 5.79. The number of hydrogen-bond donors (Lipinski definition) is 2. The van der Waals surface area contributed by atoms with Crippen molar-refractivity contribution in [3.8, 4) is 0 Å². The summed E-state index contributed by atoms with van der Waals surface area (Å²) in [5.41, 5.74) is -0.126. The summed E-state index contributed by atoms with van der Waals surface area (Å²) in [7, 11) is 3.84. The van der Waals surface area contributed by atoms with Crippen LogP contribution in [0.15, 0.2) is 17.3 Å². The fourth-order valence-electron chi connectivity index (χ4n) is 1.56. The molecule has 0 fully saturated rings. The number of aryl methyl sites for hydroxylation is 1. The predicted octanol–water partition coefficient (Wildman–Crippen LogP) is 1.65. The molecule has 0 aliphatic heterocycles. The summed E-state index contributed by atoms with van der Waals surface area (Å²) in [6.07, 6.45) is 7.24. The minimum atomic E-state index is -0.126.